The minimum absolute atomic E-state index is 0.000571. The van der Waals surface area contributed by atoms with Crippen LogP contribution in [-0.2, 0) is 4.79 Å². The molecule has 5 N–H and O–H groups in total. The molecular formula is C17H35NO5. The van der Waals surface area contributed by atoms with E-state index in [1.807, 2.05) is 0 Å². The summed E-state index contributed by atoms with van der Waals surface area (Å²) in [5, 5.41) is 41.0. The second kappa shape index (κ2) is 13.7. The summed E-state index contributed by atoms with van der Waals surface area (Å²) >= 11 is 0. The van der Waals surface area contributed by atoms with Gasteiger partial charge in [0, 0.05) is 12.5 Å². The molecule has 0 amide bonds. The third-order valence-electron chi connectivity index (χ3n) is 4.22. The van der Waals surface area contributed by atoms with Crippen LogP contribution in [0.3, 0.4) is 0 Å². The molecule has 4 unspecified atom stereocenters. The van der Waals surface area contributed by atoms with Crippen molar-refractivity contribution in [1.29, 1.82) is 0 Å². The lowest BCUT2D eigenvalue weighted by Gasteiger charge is -2.30. The molecule has 0 aromatic heterocycles. The van der Waals surface area contributed by atoms with Crippen LogP contribution in [0.25, 0.3) is 0 Å². The average molecular weight is 333 g/mol. The fourth-order valence-corrected chi connectivity index (χ4v) is 2.78. The Bertz CT molecular complexity index is 301. The zero-order valence-corrected chi connectivity index (χ0v) is 14.6. The van der Waals surface area contributed by atoms with Crippen LogP contribution in [0.5, 0.6) is 0 Å². The monoisotopic (exact) mass is 333 g/mol. The first-order valence-electron chi connectivity index (χ1n) is 8.91. The summed E-state index contributed by atoms with van der Waals surface area (Å²) in [6.07, 6.45) is 5.44. The summed E-state index contributed by atoms with van der Waals surface area (Å²) in [6, 6.07) is -0.912. The van der Waals surface area contributed by atoms with E-state index in [0.29, 0.717) is 12.8 Å². The van der Waals surface area contributed by atoms with Crippen LogP contribution in [0.1, 0.15) is 65.2 Å². The van der Waals surface area contributed by atoms with Gasteiger partial charge in [-0.3, -0.25) is 4.79 Å². The van der Waals surface area contributed by atoms with Crippen molar-refractivity contribution in [3.63, 3.8) is 0 Å². The molecule has 23 heavy (non-hydrogen) atoms. The predicted octanol–water partition coefficient (Wildman–Crippen LogP) is 1.52. The van der Waals surface area contributed by atoms with Crippen LogP contribution in [0.15, 0.2) is 0 Å². The molecule has 0 aliphatic heterocycles. The number of carbonyl (C=O) groups is 1. The number of nitrogens with one attached hydrogen (secondary N) is 1. The SMILES string of the molecule is CCCCCC(O)C(CCCCC)C(NCC(O)CO)C(=O)O. The maximum Gasteiger partial charge on any atom is 0.321 e. The van der Waals surface area contributed by atoms with Gasteiger partial charge in [0.1, 0.15) is 6.04 Å². The number of unbranched alkanes of at least 4 members (excludes halogenated alkanes) is 4. The van der Waals surface area contributed by atoms with Gasteiger partial charge in [0.05, 0.1) is 18.8 Å². The Kier molecular flexibility index (Phi) is 13.3. The maximum absolute atomic E-state index is 11.6. The van der Waals surface area contributed by atoms with E-state index >= 15 is 0 Å². The van der Waals surface area contributed by atoms with Gasteiger partial charge in [0.15, 0.2) is 0 Å². The third kappa shape index (κ3) is 9.91. The highest BCUT2D eigenvalue weighted by atomic mass is 16.4. The molecule has 0 heterocycles. The van der Waals surface area contributed by atoms with Gasteiger partial charge in [-0.15, -0.1) is 0 Å². The van der Waals surface area contributed by atoms with Crippen LogP contribution in [0, 0.1) is 5.92 Å². The Labute approximate surface area is 139 Å². The van der Waals surface area contributed by atoms with E-state index in [1.165, 1.54) is 0 Å². The topological polar surface area (TPSA) is 110 Å². The summed E-state index contributed by atoms with van der Waals surface area (Å²) in [7, 11) is 0. The summed E-state index contributed by atoms with van der Waals surface area (Å²) in [6.45, 7) is 3.75. The van der Waals surface area contributed by atoms with E-state index in [9.17, 15) is 20.1 Å². The van der Waals surface area contributed by atoms with Gasteiger partial charge in [0.2, 0.25) is 0 Å². The third-order valence-corrected chi connectivity index (χ3v) is 4.22. The molecule has 0 saturated carbocycles. The minimum Gasteiger partial charge on any atom is -0.480 e. The molecule has 0 aromatic carbocycles. The predicted molar refractivity (Wildman–Crippen MR) is 90.3 cm³/mol. The van der Waals surface area contributed by atoms with Crippen LogP contribution in [0.4, 0.5) is 0 Å². The van der Waals surface area contributed by atoms with E-state index in [-0.39, 0.29) is 12.5 Å². The number of hydrogen-bond donors (Lipinski definition) is 5. The average Bonchev–Trinajstić information content (AvgIpc) is 2.52. The van der Waals surface area contributed by atoms with Gasteiger partial charge < -0.3 is 25.7 Å². The molecule has 0 aliphatic carbocycles. The summed E-state index contributed by atoms with van der Waals surface area (Å²) in [4.78, 5) is 11.6. The van der Waals surface area contributed by atoms with E-state index in [2.05, 4.69) is 19.2 Å². The molecule has 0 spiro atoms. The lowest BCUT2D eigenvalue weighted by atomic mass is 9.85. The Balaban J connectivity index is 4.80. The van der Waals surface area contributed by atoms with Crippen LogP contribution < -0.4 is 5.32 Å². The molecule has 0 aromatic rings. The Morgan fingerprint density at radius 3 is 2.04 bits per heavy atom. The number of aliphatic carboxylic acids is 1. The fourth-order valence-electron chi connectivity index (χ4n) is 2.78. The van der Waals surface area contributed by atoms with E-state index in [4.69, 9.17) is 5.11 Å². The van der Waals surface area contributed by atoms with Gasteiger partial charge in [0.25, 0.3) is 0 Å². The molecule has 0 bridgehead atoms. The van der Waals surface area contributed by atoms with Gasteiger partial charge >= 0.3 is 5.97 Å². The van der Waals surface area contributed by atoms with Crippen LogP contribution >= 0.6 is 0 Å². The summed E-state index contributed by atoms with van der Waals surface area (Å²) in [5.41, 5.74) is 0. The highest BCUT2D eigenvalue weighted by molar-refractivity contribution is 5.74. The summed E-state index contributed by atoms with van der Waals surface area (Å²) < 4.78 is 0. The molecule has 6 heteroatoms. The lowest BCUT2D eigenvalue weighted by Crippen LogP contribution is -2.50. The maximum atomic E-state index is 11.6. The molecule has 0 saturated heterocycles. The molecule has 0 fully saturated rings. The van der Waals surface area contributed by atoms with Crippen molar-refractivity contribution in [2.45, 2.75) is 83.5 Å². The van der Waals surface area contributed by atoms with Crippen LogP contribution in [-0.4, -0.2) is 57.8 Å². The molecule has 0 radical (unpaired) electrons. The lowest BCUT2D eigenvalue weighted by molar-refractivity contribution is -0.143. The number of carboxylic acid groups (broad SMARTS) is 1. The van der Waals surface area contributed by atoms with Gasteiger partial charge in [-0.05, 0) is 12.8 Å². The van der Waals surface area contributed by atoms with Crippen molar-refractivity contribution >= 4 is 5.97 Å². The first kappa shape index (κ1) is 22.3. The molecule has 6 nitrogen and oxygen atoms in total. The van der Waals surface area contributed by atoms with Gasteiger partial charge in [-0.1, -0.05) is 52.4 Å². The quantitative estimate of drug-likeness (QED) is 0.291. The second-order valence-electron chi connectivity index (χ2n) is 6.28. The van der Waals surface area contributed by atoms with E-state index < -0.39 is 30.8 Å². The Morgan fingerprint density at radius 1 is 1.00 bits per heavy atom. The standard InChI is InChI=1S/C17H35NO5/c1-3-5-7-9-14(15(21)10-8-6-4-2)16(17(22)23)18-11-13(20)12-19/h13-16,18-21H,3-12H2,1-2H3,(H,22,23). The number of rotatable bonds is 15. The number of aliphatic hydroxyl groups excluding tert-OH is 3. The minimum atomic E-state index is -1.02. The zero-order valence-electron chi connectivity index (χ0n) is 14.6. The zero-order chi connectivity index (χ0) is 17.7. The number of aliphatic hydroxyl groups is 3. The van der Waals surface area contributed by atoms with Crippen molar-refractivity contribution in [2.24, 2.45) is 5.92 Å². The smallest absolute Gasteiger partial charge is 0.321 e. The van der Waals surface area contributed by atoms with Crippen molar-refractivity contribution in [2.75, 3.05) is 13.2 Å². The van der Waals surface area contributed by atoms with E-state index in [1.54, 1.807) is 0 Å². The Hall–Kier alpha value is -0.690. The van der Waals surface area contributed by atoms with Gasteiger partial charge in [-0.25, -0.2) is 0 Å². The largest absolute Gasteiger partial charge is 0.480 e. The number of hydrogen-bond acceptors (Lipinski definition) is 5. The first-order chi connectivity index (χ1) is 11.0. The first-order valence-corrected chi connectivity index (χ1v) is 8.91. The van der Waals surface area contributed by atoms with E-state index in [0.717, 1.165) is 38.5 Å². The second-order valence-corrected chi connectivity index (χ2v) is 6.28. The molecular weight excluding hydrogens is 298 g/mol. The highest BCUT2D eigenvalue weighted by Gasteiger charge is 2.32. The highest BCUT2D eigenvalue weighted by Crippen LogP contribution is 2.22. The molecule has 0 aliphatic rings. The summed E-state index contributed by atoms with van der Waals surface area (Å²) in [5.74, 6) is -1.41. The molecule has 4 atom stereocenters. The normalized spacial score (nSPS) is 16.7. The fraction of sp³-hybridized carbons (Fsp3) is 0.941. The van der Waals surface area contributed by atoms with Crippen molar-refractivity contribution in [1.82, 2.24) is 5.32 Å². The Morgan fingerprint density at radius 2 is 1.57 bits per heavy atom. The van der Waals surface area contributed by atoms with Crippen molar-refractivity contribution in [3.8, 4) is 0 Å². The van der Waals surface area contributed by atoms with Gasteiger partial charge in [-0.2, -0.15) is 0 Å². The van der Waals surface area contributed by atoms with Crippen molar-refractivity contribution < 1.29 is 25.2 Å². The van der Waals surface area contributed by atoms with Crippen molar-refractivity contribution in [3.05, 3.63) is 0 Å². The number of carboxylic acids is 1. The molecule has 0 rings (SSSR count). The molecule has 138 valence electrons. The van der Waals surface area contributed by atoms with Crippen LogP contribution in [0.2, 0.25) is 0 Å².